The van der Waals surface area contributed by atoms with E-state index in [1.807, 2.05) is 11.0 Å². The fourth-order valence-electron chi connectivity index (χ4n) is 3.89. The maximum Gasteiger partial charge on any atom is 0.289 e. The lowest BCUT2D eigenvalue weighted by Crippen LogP contribution is -2.50. The number of aryl methyl sites for hydroxylation is 1. The minimum absolute atomic E-state index is 0.0851. The van der Waals surface area contributed by atoms with Gasteiger partial charge in [0, 0.05) is 38.9 Å². The number of carbonyl (C=O) groups excluding carboxylic acids is 2. The van der Waals surface area contributed by atoms with E-state index in [4.69, 9.17) is 4.42 Å². The van der Waals surface area contributed by atoms with Gasteiger partial charge in [-0.15, -0.1) is 0 Å². The molecule has 2 amide bonds. The molecule has 0 atom stereocenters. The highest BCUT2D eigenvalue weighted by atomic mass is 32.2. The van der Waals surface area contributed by atoms with Crippen molar-refractivity contribution in [1.29, 1.82) is 0 Å². The Kier molecular flexibility index (Phi) is 7.23. The van der Waals surface area contributed by atoms with Crippen LogP contribution in [0.5, 0.6) is 0 Å². The molecule has 0 unspecified atom stereocenters. The molecule has 2 aromatic carbocycles. The van der Waals surface area contributed by atoms with Crippen LogP contribution in [-0.4, -0.2) is 69.8 Å². The summed E-state index contributed by atoms with van der Waals surface area (Å²) in [6.07, 6.45) is 0. The van der Waals surface area contributed by atoms with Crippen molar-refractivity contribution in [3.05, 3.63) is 78.3 Å². The Hall–Kier alpha value is -3.63. The SMILES string of the molecule is Cc1ccc(C(=O)N2CCN(CC(=O)Nc3cccc(S(=O)(=O)N(C)c4ccccc4)c3)CC2)o1. The number of sulfonamides is 1. The molecule has 2 heterocycles. The van der Waals surface area contributed by atoms with Gasteiger partial charge in [0.05, 0.1) is 17.1 Å². The topological polar surface area (TPSA) is 103 Å². The molecule has 0 saturated carbocycles. The molecule has 35 heavy (non-hydrogen) atoms. The highest BCUT2D eigenvalue weighted by Gasteiger charge is 2.25. The third kappa shape index (κ3) is 5.72. The number of piperazine rings is 1. The van der Waals surface area contributed by atoms with E-state index in [0.29, 0.717) is 49.1 Å². The van der Waals surface area contributed by atoms with Crippen molar-refractivity contribution in [3.8, 4) is 0 Å². The summed E-state index contributed by atoms with van der Waals surface area (Å²) >= 11 is 0. The van der Waals surface area contributed by atoms with Crippen LogP contribution >= 0.6 is 0 Å². The van der Waals surface area contributed by atoms with Gasteiger partial charge in [-0.2, -0.15) is 0 Å². The van der Waals surface area contributed by atoms with Crippen LogP contribution in [0.2, 0.25) is 0 Å². The number of amides is 2. The molecule has 0 spiro atoms. The van der Waals surface area contributed by atoms with Gasteiger partial charge in [0.15, 0.2) is 5.76 Å². The first-order valence-corrected chi connectivity index (χ1v) is 12.7. The van der Waals surface area contributed by atoms with E-state index >= 15 is 0 Å². The van der Waals surface area contributed by atoms with Crippen molar-refractivity contribution >= 4 is 33.2 Å². The van der Waals surface area contributed by atoms with E-state index in [0.717, 1.165) is 0 Å². The Morgan fingerprint density at radius 2 is 1.69 bits per heavy atom. The molecule has 1 aromatic heterocycles. The second-order valence-corrected chi connectivity index (χ2v) is 10.3. The van der Waals surface area contributed by atoms with Gasteiger partial charge in [-0.3, -0.25) is 18.8 Å². The lowest BCUT2D eigenvalue weighted by atomic mass is 10.2. The summed E-state index contributed by atoms with van der Waals surface area (Å²) < 4.78 is 32.7. The molecular formula is C25H28N4O5S. The smallest absolute Gasteiger partial charge is 0.289 e. The summed E-state index contributed by atoms with van der Waals surface area (Å²) in [5.41, 5.74) is 0.946. The average molecular weight is 497 g/mol. The zero-order valence-electron chi connectivity index (χ0n) is 19.7. The van der Waals surface area contributed by atoms with Gasteiger partial charge in [-0.25, -0.2) is 8.42 Å². The summed E-state index contributed by atoms with van der Waals surface area (Å²) in [7, 11) is -2.29. The van der Waals surface area contributed by atoms with Crippen LogP contribution in [0.25, 0.3) is 0 Å². The highest BCUT2D eigenvalue weighted by Crippen LogP contribution is 2.23. The number of anilines is 2. The number of nitrogens with one attached hydrogen (secondary N) is 1. The molecule has 0 radical (unpaired) electrons. The molecule has 1 N–H and O–H groups in total. The summed E-state index contributed by atoms with van der Waals surface area (Å²) in [5, 5.41) is 2.78. The Labute approximate surface area is 205 Å². The average Bonchev–Trinajstić information content (AvgIpc) is 3.30. The van der Waals surface area contributed by atoms with E-state index < -0.39 is 10.0 Å². The van der Waals surface area contributed by atoms with E-state index in [9.17, 15) is 18.0 Å². The number of para-hydroxylation sites is 1. The van der Waals surface area contributed by atoms with Crippen LogP contribution in [0.3, 0.4) is 0 Å². The number of hydrogen-bond donors (Lipinski definition) is 1. The molecule has 9 nitrogen and oxygen atoms in total. The molecule has 0 bridgehead atoms. The minimum Gasteiger partial charge on any atom is -0.456 e. The molecule has 3 aromatic rings. The second-order valence-electron chi connectivity index (χ2n) is 8.36. The third-order valence-corrected chi connectivity index (χ3v) is 7.66. The number of benzene rings is 2. The van der Waals surface area contributed by atoms with Crippen molar-refractivity contribution in [1.82, 2.24) is 9.80 Å². The molecule has 1 aliphatic heterocycles. The van der Waals surface area contributed by atoms with Crippen molar-refractivity contribution in [2.45, 2.75) is 11.8 Å². The summed E-state index contributed by atoms with van der Waals surface area (Å²) in [6.45, 7) is 4.02. The first-order valence-electron chi connectivity index (χ1n) is 11.3. The zero-order chi connectivity index (χ0) is 25.0. The van der Waals surface area contributed by atoms with E-state index in [1.165, 1.54) is 23.5 Å². The van der Waals surface area contributed by atoms with Gasteiger partial charge < -0.3 is 14.6 Å². The predicted octanol–water partition coefficient (Wildman–Crippen LogP) is 2.81. The largest absolute Gasteiger partial charge is 0.456 e. The standard InChI is InChI=1S/C25H28N4O5S/c1-19-11-12-23(34-19)25(31)29-15-13-28(14-16-29)18-24(30)26-20-7-6-10-22(17-20)35(32,33)27(2)21-8-4-3-5-9-21/h3-12,17H,13-16,18H2,1-2H3,(H,26,30). The number of hydrogen-bond acceptors (Lipinski definition) is 6. The fraction of sp³-hybridized carbons (Fsp3) is 0.280. The molecule has 0 aliphatic carbocycles. The fourth-order valence-corrected chi connectivity index (χ4v) is 5.13. The van der Waals surface area contributed by atoms with E-state index in [1.54, 1.807) is 60.4 Å². The maximum absolute atomic E-state index is 13.0. The van der Waals surface area contributed by atoms with Crippen molar-refractivity contribution in [3.63, 3.8) is 0 Å². The molecule has 10 heteroatoms. The maximum atomic E-state index is 13.0. The Morgan fingerprint density at radius 3 is 2.34 bits per heavy atom. The van der Waals surface area contributed by atoms with Gasteiger partial charge in [0.1, 0.15) is 5.76 Å². The summed E-state index contributed by atoms with van der Waals surface area (Å²) in [6, 6.07) is 18.4. The third-order valence-electron chi connectivity index (χ3n) is 5.87. The van der Waals surface area contributed by atoms with Crippen LogP contribution in [0, 0.1) is 6.92 Å². The van der Waals surface area contributed by atoms with Gasteiger partial charge >= 0.3 is 0 Å². The summed E-state index contributed by atoms with van der Waals surface area (Å²) in [4.78, 5) is 28.9. The van der Waals surface area contributed by atoms with Gasteiger partial charge in [-0.1, -0.05) is 24.3 Å². The second kappa shape index (κ2) is 10.3. The highest BCUT2D eigenvalue weighted by molar-refractivity contribution is 7.92. The Morgan fingerprint density at radius 1 is 0.971 bits per heavy atom. The number of furan rings is 1. The molecule has 184 valence electrons. The van der Waals surface area contributed by atoms with Crippen molar-refractivity contribution in [2.24, 2.45) is 0 Å². The van der Waals surface area contributed by atoms with Crippen LogP contribution in [0.1, 0.15) is 16.3 Å². The Balaban J connectivity index is 1.33. The molecule has 1 fully saturated rings. The van der Waals surface area contributed by atoms with Crippen LogP contribution in [0.4, 0.5) is 11.4 Å². The summed E-state index contributed by atoms with van der Waals surface area (Å²) in [5.74, 6) is 0.603. The lowest BCUT2D eigenvalue weighted by molar-refractivity contribution is -0.117. The van der Waals surface area contributed by atoms with Crippen molar-refractivity contribution < 1.29 is 22.4 Å². The van der Waals surface area contributed by atoms with Crippen LogP contribution in [0.15, 0.2) is 76.0 Å². The number of nitrogens with zero attached hydrogens (tertiary/aromatic N) is 3. The quantitative estimate of drug-likeness (QED) is 0.540. The van der Waals surface area contributed by atoms with Crippen LogP contribution < -0.4 is 9.62 Å². The van der Waals surface area contributed by atoms with E-state index in [2.05, 4.69) is 5.32 Å². The van der Waals surface area contributed by atoms with E-state index in [-0.39, 0.29) is 23.3 Å². The van der Waals surface area contributed by atoms with Crippen LogP contribution in [-0.2, 0) is 14.8 Å². The molecular weight excluding hydrogens is 468 g/mol. The minimum atomic E-state index is -3.79. The lowest BCUT2D eigenvalue weighted by Gasteiger charge is -2.33. The monoisotopic (exact) mass is 496 g/mol. The molecule has 1 saturated heterocycles. The first kappa shape index (κ1) is 24.5. The first-order chi connectivity index (χ1) is 16.7. The zero-order valence-corrected chi connectivity index (χ0v) is 20.5. The molecule has 1 aliphatic rings. The van der Waals surface area contributed by atoms with Gasteiger partial charge in [0.25, 0.3) is 15.9 Å². The predicted molar refractivity (Wildman–Crippen MR) is 133 cm³/mol. The van der Waals surface area contributed by atoms with Gasteiger partial charge in [-0.05, 0) is 49.4 Å². The van der Waals surface area contributed by atoms with Crippen molar-refractivity contribution in [2.75, 3.05) is 49.4 Å². The Bertz CT molecular complexity index is 1300. The number of carbonyl (C=O) groups is 2. The normalized spacial score (nSPS) is 14.5. The van der Waals surface area contributed by atoms with Gasteiger partial charge in [0.2, 0.25) is 5.91 Å². The number of rotatable bonds is 7. The molecule has 4 rings (SSSR count).